The van der Waals surface area contributed by atoms with Crippen molar-refractivity contribution in [2.75, 3.05) is 5.32 Å². The van der Waals surface area contributed by atoms with E-state index in [0.29, 0.717) is 0 Å². The van der Waals surface area contributed by atoms with E-state index < -0.39 is 0 Å². The van der Waals surface area contributed by atoms with Crippen molar-refractivity contribution in [2.45, 2.75) is 24.7 Å². The molecule has 0 amide bonds. The van der Waals surface area contributed by atoms with Gasteiger partial charge in [-0.05, 0) is 97.1 Å². The molecule has 2 heterocycles. The third-order valence-electron chi connectivity index (χ3n) is 13.3. The largest absolute Gasteiger partial charge is 0.355 e. The topological polar surface area (TPSA) is 17.0 Å². The zero-order valence-electron chi connectivity index (χ0n) is 30.0. The van der Waals surface area contributed by atoms with E-state index in [9.17, 15) is 0 Å². The van der Waals surface area contributed by atoms with Crippen molar-refractivity contribution in [2.24, 2.45) is 0 Å². The standard InChI is InChI=1S/C52H34N2/c1-51(2)43-20-11-16-38-36-15-6-10-21-46(36)54-47-29-31(23-25-37(47)39-26-27-44(51)49(48(38)43)50(39)54)53-30-22-24-35-34-14-5-9-19-42(34)52(45(35)28-30)40-17-7-3-12-32(40)33-13-4-8-18-41(33)52/h3-29,53H,1-2H3. The molecule has 0 atom stereocenters. The maximum absolute atomic E-state index is 3.91. The summed E-state index contributed by atoms with van der Waals surface area (Å²) in [7, 11) is 0. The van der Waals surface area contributed by atoms with E-state index >= 15 is 0 Å². The summed E-state index contributed by atoms with van der Waals surface area (Å²) in [5.74, 6) is 0. The van der Waals surface area contributed by atoms with E-state index in [1.807, 2.05) is 0 Å². The number of aromatic nitrogens is 1. The Morgan fingerprint density at radius 3 is 1.67 bits per heavy atom. The van der Waals surface area contributed by atoms with Crippen LogP contribution in [-0.2, 0) is 10.8 Å². The molecule has 252 valence electrons. The minimum absolute atomic E-state index is 0.0694. The Morgan fingerprint density at radius 1 is 0.407 bits per heavy atom. The number of hydrogen-bond acceptors (Lipinski definition) is 1. The highest BCUT2D eigenvalue weighted by molar-refractivity contribution is 6.19. The average Bonchev–Trinajstić information content (AvgIpc) is 3.85. The van der Waals surface area contributed by atoms with Crippen LogP contribution >= 0.6 is 0 Å². The van der Waals surface area contributed by atoms with Gasteiger partial charge in [0.2, 0.25) is 0 Å². The molecule has 0 radical (unpaired) electrons. The molecular formula is C52H34N2. The predicted molar refractivity (Wildman–Crippen MR) is 223 cm³/mol. The summed E-state index contributed by atoms with van der Waals surface area (Å²) in [6.45, 7) is 4.77. The average molecular weight is 687 g/mol. The summed E-state index contributed by atoms with van der Waals surface area (Å²) < 4.78 is 2.55. The van der Waals surface area contributed by atoms with E-state index in [1.54, 1.807) is 0 Å². The Labute approximate surface area is 314 Å². The summed E-state index contributed by atoms with van der Waals surface area (Å²) >= 11 is 0. The van der Waals surface area contributed by atoms with Gasteiger partial charge in [-0.2, -0.15) is 0 Å². The maximum Gasteiger partial charge on any atom is 0.0726 e. The minimum atomic E-state index is -0.367. The monoisotopic (exact) mass is 686 g/mol. The SMILES string of the molecule is CC1(C)c2cccc3c2-c2c1ccc1c4ccc(Nc5ccc6c(c5)C5(c7ccccc7-c7ccccc75)c5ccccc5-6)cc4n(c21)-c1ccccc1-3. The molecule has 1 spiro atoms. The second-order valence-corrected chi connectivity index (χ2v) is 16.1. The fraction of sp³-hybridized carbons (Fsp3) is 0.0769. The normalized spacial score (nSPS) is 15.1. The second kappa shape index (κ2) is 9.66. The van der Waals surface area contributed by atoms with E-state index in [2.05, 4.69) is 188 Å². The summed E-state index contributed by atoms with van der Waals surface area (Å²) in [6, 6.07) is 61.7. The molecule has 13 rings (SSSR count). The number of para-hydroxylation sites is 1. The van der Waals surface area contributed by atoms with Crippen LogP contribution in [0.25, 0.3) is 72.0 Å². The van der Waals surface area contributed by atoms with Crippen LogP contribution in [-0.4, -0.2) is 4.57 Å². The minimum Gasteiger partial charge on any atom is -0.355 e. The Kier molecular flexibility index (Phi) is 5.17. The molecule has 0 unspecified atom stereocenters. The van der Waals surface area contributed by atoms with Crippen LogP contribution in [0, 0.1) is 0 Å². The fourth-order valence-corrected chi connectivity index (χ4v) is 11.2. The van der Waals surface area contributed by atoms with Crippen molar-refractivity contribution >= 4 is 33.2 Å². The number of nitrogens with zero attached hydrogens (tertiary/aromatic N) is 1. The second-order valence-electron chi connectivity index (χ2n) is 16.1. The Hall–Kier alpha value is -6.64. The van der Waals surface area contributed by atoms with E-state index in [4.69, 9.17) is 0 Å². The first-order chi connectivity index (χ1) is 26.5. The third-order valence-corrected chi connectivity index (χ3v) is 13.3. The lowest BCUT2D eigenvalue weighted by molar-refractivity contribution is 0.661. The maximum atomic E-state index is 3.91. The van der Waals surface area contributed by atoms with Crippen LogP contribution in [0.3, 0.4) is 0 Å². The molecule has 1 aromatic heterocycles. The van der Waals surface area contributed by atoms with E-state index in [1.165, 1.54) is 105 Å². The van der Waals surface area contributed by atoms with Gasteiger partial charge in [-0.1, -0.05) is 147 Å². The van der Waals surface area contributed by atoms with Crippen LogP contribution in [0.2, 0.25) is 0 Å². The van der Waals surface area contributed by atoms with Crippen molar-refractivity contribution in [1.29, 1.82) is 0 Å². The highest BCUT2D eigenvalue weighted by Gasteiger charge is 2.51. The molecule has 1 aliphatic heterocycles. The number of nitrogens with one attached hydrogen (secondary N) is 1. The fourth-order valence-electron chi connectivity index (χ4n) is 11.2. The number of fused-ring (bicyclic) bond motifs is 16. The molecule has 0 bridgehead atoms. The lowest BCUT2D eigenvalue weighted by Gasteiger charge is -2.30. The van der Waals surface area contributed by atoms with Gasteiger partial charge in [-0.3, -0.25) is 0 Å². The van der Waals surface area contributed by atoms with Crippen molar-refractivity contribution in [3.05, 3.63) is 197 Å². The quantitative estimate of drug-likeness (QED) is 0.192. The van der Waals surface area contributed by atoms with Gasteiger partial charge >= 0.3 is 0 Å². The van der Waals surface area contributed by atoms with Crippen LogP contribution in [0.4, 0.5) is 11.4 Å². The van der Waals surface area contributed by atoms with Crippen molar-refractivity contribution in [3.63, 3.8) is 0 Å². The lowest BCUT2D eigenvalue weighted by atomic mass is 9.70. The van der Waals surface area contributed by atoms with Crippen LogP contribution in [0.5, 0.6) is 0 Å². The molecule has 0 fully saturated rings. The number of anilines is 2. The summed E-state index contributed by atoms with van der Waals surface area (Å²) in [5, 5.41) is 6.50. The molecule has 1 N–H and O–H groups in total. The van der Waals surface area contributed by atoms with Crippen LogP contribution in [0.15, 0.2) is 164 Å². The molecule has 2 nitrogen and oxygen atoms in total. The molecule has 0 saturated heterocycles. The van der Waals surface area contributed by atoms with E-state index in [-0.39, 0.29) is 10.8 Å². The Balaban J connectivity index is 1.03. The molecule has 0 saturated carbocycles. The zero-order valence-corrected chi connectivity index (χ0v) is 30.0. The molecule has 2 heteroatoms. The van der Waals surface area contributed by atoms with Crippen molar-refractivity contribution in [1.82, 2.24) is 4.57 Å². The predicted octanol–water partition coefficient (Wildman–Crippen LogP) is 13.2. The molecule has 3 aliphatic carbocycles. The molecular weight excluding hydrogens is 653 g/mol. The zero-order chi connectivity index (χ0) is 35.5. The molecule has 9 aromatic rings. The van der Waals surface area contributed by atoms with Gasteiger partial charge < -0.3 is 9.88 Å². The Bertz CT molecular complexity index is 3110. The van der Waals surface area contributed by atoms with Gasteiger partial charge in [0.25, 0.3) is 0 Å². The smallest absolute Gasteiger partial charge is 0.0726 e. The molecule has 54 heavy (non-hydrogen) atoms. The van der Waals surface area contributed by atoms with Crippen LogP contribution in [0.1, 0.15) is 47.2 Å². The summed E-state index contributed by atoms with van der Waals surface area (Å²) in [5.41, 5.74) is 24.5. The van der Waals surface area contributed by atoms with Gasteiger partial charge in [0.1, 0.15) is 0 Å². The first-order valence-electron chi connectivity index (χ1n) is 19.1. The van der Waals surface area contributed by atoms with Crippen LogP contribution < -0.4 is 5.32 Å². The molecule has 4 aliphatic rings. The van der Waals surface area contributed by atoms with Gasteiger partial charge in [-0.15, -0.1) is 0 Å². The number of hydrogen-bond donors (Lipinski definition) is 1. The van der Waals surface area contributed by atoms with Gasteiger partial charge in [-0.25, -0.2) is 0 Å². The lowest BCUT2D eigenvalue weighted by Crippen LogP contribution is -2.25. The summed E-state index contributed by atoms with van der Waals surface area (Å²) in [6.07, 6.45) is 0. The first-order valence-corrected chi connectivity index (χ1v) is 19.1. The highest BCUT2D eigenvalue weighted by Crippen LogP contribution is 2.63. The first kappa shape index (κ1) is 28.9. The number of rotatable bonds is 2. The van der Waals surface area contributed by atoms with Gasteiger partial charge in [0, 0.05) is 38.7 Å². The Morgan fingerprint density at radius 2 is 0.944 bits per heavy atom. The van der Waals surface area contributed by atoms with Crippen molar-refractivity contribution < 1.29 is 0 Å². The molecule has 8 aromatic carbocycles. The third kappa shape index (κ3) is 3.23. The van der Waals surface area contributed by atoms with Crippen molar-refractivity contribution in [3.8, 4) is 50.2 Å². The van der Waals surface area contributed by atoms with E-state index in [0.717, 1.165) is 11.4 Å². The van der Waals surface area contributed by atoms with Gasteiger partial charge in [0.15, 0.2) is 0 Å². The summed E-state index contributed by atoms with van der Waals surface area (Å²) in [4.78, 5) is 0. The highest BCUT2D eigenvalue weighted by atomic mass is 15.0. The van der Waals surface area contributed by atoms with Gasteiger partial charge in [0.05, 0.1) is 22.1 Å². The number of benzene rings is 8.